The molecule has 3 rings (SSSR count). The summed E-state index contributed by atoms with van der Waals surface area (Å²) >= 11 is 0. The van der Waals surface area contributed by atoms with E-state index in [9.17, 15) is 9.59 Å². The predicted octanol–water partition coefficient (Wildman–Crippen LogP) is 3.76. The van der Waals surface area contributed by atoms with Gasteiger partial charge < -0.3 is 9.15 Å². The van der Waals surface area contributed by atoms with E-state index < -0.39 is 5.63 Å². The third-order valence-electron chi connectivity index (χ3n) is 3.74. The molecule has 0 atom stereocenters. The lowest BCUT2D eigenvalue weighted by molar-refractivity contribution is 0.103. The molecule has 0 radical (unpaired) electrons. The second-order valence-corrected chi connectivity index (χ2v) is 5.35. The van der Waals surface area contributed by atoms with Gasteiger partial charge in [0.05, 0.1) is 7.11 Å². The third kappa shape index (κ3) is 2.86. The maximum absolute atomic E-state index is 12.6. The minimum atomic E-state index is -0.675. The van der Waals surface area contributed by atoms with Crippen LogP contribution in [0.3, 0.4) is 0 Å². The number of carbonyl (C=O) groups is 1. The molecule has 2 aromatic carbocycles. The van der Waals surface area contributed by atoms with E-state index in [1.54, 1.807) is 42.5 Å². The van der Waals surface area contributed by atoms with Crippen molar-refractivity contribution in [2.75, 3.05) is 7.11 Å². The maximum atomic E-state index is 12.6. The molecule has 0 aliphatic heterocycles. The summed E-state index contributed by atoms with van der Waals surface area (Å²) in [6.45, 7) is 3.72. The molecule has 0 spiro atoms. The molecule has 4 nitrogen and oxygen atoms in total. The Balaban J connectivity index is 2.20. The highest BCUT2D eigenvalue weighted by molar-refractivity contribution is 6.10. The lowest BCUT2D eigenvalue weighted by atomic mass is 10.0. The van der Waals surface area contributed by atoms with Crippen molar-refractivity contribution in [1.82, 2.24) is 0 Å². The van der Waals surface area contributed by atoms with E-state index in [2.05, 4.69) is 6.58 Å². The minimum absolute atomic E-state index is 0.00602. The second kappa shape index (κ2) is 6.54. The summed E-state index contributed by atoms with van der Waals surface area (Å²) in [6.07, 6.45) is 2.42. The van der Waals surface area contributed by atoms with Crippen LogP contribution in [0.25, 0.3) is 11.0 Å². The van der Waals surface area contributed by atoms with E-state index in [4.69, 9.17) is 9.15 Å². The molecule has 0 saturated heterocycles. The first kappa shape index (κ1) is 15.7. The minimum Gasteiger partial charge on any atom is -0.493 e. The molecule has 0 bridgehead atoms. The topological polar surface area (TPSA) is 56.5 Å². The molecule has 1 aromatic heterocycles. The summed E-state index contributed by atoms with van der Waals surface area (Å²) in [6, 6.07) is 13.9. The van der Waals surface area contributed by atoms with Crippen LogP contribution < -0.4 is 10.4 Å². The lowest BCUT2D eigenvalue weighted by Gasteiger charge is -2.08. The first-order valence-corrected chi connectivity index (χ1v) is 7.49. The van der Waals surface area contributed by atoms with Crippen LogP contribution in [-0.2, 0) is 6.42 Å². The molecule has 24 heavy (non-hydrogen) atoms. The highest BCUT2D eigenvalue weighted by Crippen LogP contribution is 2.28. The van der Waals surface area contributed by atoms with Gasteiger partial charge in [-0.05, 0) is 30.2 Å². The molecule has 0 fully saturated rings. The van der Waals surface area contributed by atoms with Gasteiger partial charge in [-0.2, -0.15) is 0 Å². The van der Waals surface area contributed by atoms with E-state index in [1.165, 1.54) is 7.11 Å². The number of methoxy groups -OCH3 is 1. The number of hydrogen-bond donors (Lipinski definition) is 0. The zero-order chi connectivity index (χ0) is 17.1. The SMILES string of the molecule is C=CCc1cc(OC)c2oc(=O)c(C(=O)c3ccccc3)cc2c1. The van der Waals surface area contributed by atoms with E-state index >= 15 is 0 Å². The Kier molecular flexibility index (Phi) is 4.29. The number of fused-ring (bicyclic) bond motifs is 1. The second-order valence-electron chi connectivity index (χ2n) is 5.35. The fourth-order valence-electron chi connectivity index (χ4n) is 2.60. The zero-order valence-corrected chi connectivity index (χ0v) is 13.2. The lowest BCUT2D eigenvalue weighted by Crippen LogP contribution is -2.15. The van der Waals surface area contributed by atoms with Crippen LogP contribution in [0, 0.1) is 0 Å². The normalized spacial score (nSPS) is 10.5. The van der Waals surface area contributed by atoms with Crippen LogP contribution in [0.1, 0.15) is 21.5 Å². The van der Waals surface area contributed by atoms with Gasteiger partial charge in [0.15, 0.2) is 17.1 Å². The van der Waals surface area contributed by atoms with Gasteiger partial charge in [-0.3, -0.25) is 4.79 Å². The number of allylic oxidation sites excluding steroid dienone is 1. The van der Waals surface area contributed by atoms with Crippen LogP contribution in [0.4, 0.5) is 0 Å². The maximum Gasteiger partial charge on any atom is 0.347 e. The van der Waals surface area contributed by atoms with Crippen LogP contribution in [0.15, 0.2) is 70.4 Å². The Hall–Kier alpha value is -3.14. The summed E-state index contributed by atoms with van der Waals surface area (Å²) in [7, 11) is 1.51. The van der Waals surface area contributed by atoms with Gasteiger partial charge in [-0.1, -0.05) is 36.4 Å². The Morgan fingerprint density at radius 1 is 1.21 bits per heavy atom. The van der Waals surface area contributed by atoms with Gasteiger partial charge in [0.25, 0.3) is 0 Å². The van der Waals surface area contributed by atoms with Gasteiger partial charge in [0, 0.05) is 10.9 Å². The highest BCUT2D eigenvalue weighted by Gasteiger charge is 2.17. The zero-order valence-electron chi connectivity index (χ0n) is 13.2. The van der Waals surface area contributed by atoms with Crippen LogP contribution in [0.2, 0.25) is 0 Å². The summed E-state index contributed by atoms with van der Waals surface area (Å²) in [4.78, 5) is 24.8. The van der Waals surface area contributed by atoms with Crippen molar-refractivity contribution in [2.45, 2.75) is 6.42 Å². The van der Waals surface area contributed by atoms with Crippen LogP contribution in [0.5, 0.6) is 5.75 Å². The van der Waals surface area contributed by atoms with Crippen molar-refractivity contribution >= 4 is 16.8 Å². The number of hydrogen-bond acceptors (Lipinski definition) is 4. The van der Waals surface area contributed by atoms with Gasteiger partial charge in [-0.15, -0.1) is 6.58 Å². The fraction of sp³-hybridized carbons (Fsp3) is 0.100. The Bertz CT molecular complexity index is 968. The monoisotopic (exact) mass is 320 g/mol. The Morgan fingerprint density at radius 3 is 2.62 bits per heavy atom. The first-order chi connectivity index (χ1) is 11.6. The first-order valence-electron chi connectivity index (χ1n) is 7.49. The molecule has 1 heterocycles. The number of ether oxygens (including phenoxy) is 1. The number of carbonyl (C=O) groups excluding carboxylic acids is 1. The standard InChI is InChI=1S/C20H16O4/c1-3-7-13-10-15-12-16(18(21)14-8-5-4-6-9-14)20(22)24-19(15)17(11-13)23-2/h3-6,8-12H,1,7H2,2H3. The molecule has 0 unspecified atom stereocenters. The molecule has 0 saturated carbocycles. The molecule has 4 heteroatoms. The Morgan fingerprint density at radius 2 is 1.96 bits per heavy atom. The number of rotatable bonds is 5. The molecular weight excluding hydrogens is 304 g/mol. The average Bonchev–Trinajstić information content (AvgIpc) is 2.61. The summed E-state index contributed by atoms with van der Waals surface area (Å²) in [5.41, 5.74) is 1.07. The largest absolute Gasteiger partial charge is 0.493 e. The summed E-state index contributed by atoms with van der Waals surface area (Å²) < 4.78 is 10.7. The number of ketones is 1. The van der Waals surface area contributed by atoms with Crippen LogP contribution >= 0.6 is 0 Å². The molecule has 0 aliphatic carbocycles. The predicted molar refractivity (Wildman–Crippen MR) is 92.8 cm³/mol. The van der Waals surface area contributed by atoms with Crippen molar-refractivity contribution in [2.24, 2.45) is 0 Å². The van der Waals surface area contributed by atoms with Gasteiger partial charge in [0.2, 0.25) is 0 Å². The van der Waals surface area contributed by atoms with Gasteiger partial charge >= 0.3 is 5.63 Å². The molecular formula is C20H16O4. The molecule has 0 amide bonds. The van der Waals surface area contributed by atoms with Crippen molar-refractivity contribution in [3.8, 4) is 5.75 Å². The quantitative estimate of drug-likeness (QED) is 0.408. The van der Waals surface area contributed by atoms with Crippen molar-refractivity contribution in [1.29, 1.82) is 0 Å². The third-order valence-corrected chi connectivity index (χ3v) is 3.74. The Labute approximate surface area is 139 Å². The van der Waals surface area contributed by atoms with Gasteiger partial charge in [-0.25, -0.2) is 4.79 Å². The number of benzene rings is 2. The molecule has 3 aromatic rings. The molecule has 0 aliphatic rings. The molecule has 0 N–H and O–H groups in total. The van der Waals surface area contributed by atoms with Gasteiger partial charge in [0.1, 0.15) is 5.56 Å². The smallest absolute Gasteiger partial charge is 0.347 e. The van der Waals surface area contributed by atoms with Crippen molar-refractivity contribution in [3.63, 3.8) is 0 Å². The van der Waals surface area contributed by atoms with E-state index in [1.807, 2.05) is 12.1 Å². The highest BCUT2D eigenvalue weighted by atomic mass is 16.5. The van der Waals surface area contributed by atoms with Crippen molar-refractivity contribution < 1.29 is 13.9 Å². The van der Waals surface area contributed by atoms with E-state index in [-0.39, 0.29) is 11.3 Å². The summed E-state index contributed by atoms with van der Waals surface area (Å²) in [5.74, 6) is 0.0968. The summed E-state index contributed by atoms with van der Waals surface area (Å²) in [5, 5.41) is 0.644. The van der Waals surface area contributed by atoms with Crippen molar-refractivity contribution in [3.05, 3.63) is 88.3 Å². The van der Waals surface area contributed by atoms with E-state index in [0.717, 1.165) is 5.56 Å². The van der Waals surface area contributed by atoms with Crippen LogP contribution in [-0.4, -0.2) is 12.9 Å². The van der Waals surface area contributed by atoms with E-state index in [0.29, 0.717) is 28.7 Å². The average molecular weight is 320 g/mol. The fourth-order valence-corrected chi connectivity index (χ4v) is 2.60. The molecule has 120 valence electrons.